The number of amides is 5. The predicted octanol–water partition coefficient (Wildman–Crippen LogP) is 2.81. The van der Waals surface area contributed by atoms with Crippen LogP contribution in [0.2, 0.25) is 0 Å². The monoisotopic (exact) mass is 702 g/mol. The summed E-state index contributed by atoms with van der Waals surface area (Å²) in [6.45, 7) is 10.2. The van der Waals surface area contributed by atoms with Gasteiger partial charge in [0, 0.05) is 19.7 Å². The van der Waals surface area contributed by atoms with E-state index in [4.69, 9.17) is 29.9 Å². The zero-order valence-electron chi connectivity index (χ0n) is 28.5. The Kier molecular flexibility index (Phi) is 13.2. The molecular formula is C33H46N6O11. The van der Waals surface area contributed by atoms with E-state index in [1.807, 2.05) is 5.43 Å². The second kappa shape index (κ2) is 16.2. The Bertz CT molecular complexity index is 1620. The van der Waals surface area contributed by atoms with Crippen molar-refractivity contribution < 1.29 is 52.8 Å². The minimum absolute atomic E-state index is 0. The summed E-state index contributed by atoms with van der Waals surface area (Å²) < 4.78 is 21.4. The molecule has 5 amide bonds. The zero-order chi connectivity index (χ0) is 36.8. The van der Waals surface area contributed by atoms with E-state index in [1.54, 1.807) is 47.6 Å². The predicted molar refractivity (Wildman–Crippen MR) is 182 cm³/mol. The first-order chi connectivity index (χ1) is 22.7. The van der Waals surface area contributed by atoms with Gasteiger partial charge in [-0.15, -0.1) is 0 Å². The Labute approximate surface area is 290 Å². The Balaban J connectivity index is 0.000000340. The molecule has 0 radical (unpaired) electrons. The number of hydrogen-bond donors (Lipinski definition) is 5. The fourth-order valence-electron chi connectivity index (χ4n) is 4.46. The number of aromatic carboxylic acids is 1. The van der Waals surface area contributed by atoms with E-state index in [2.05, 4.69) is 10.6 Å². The molecule has 2 aromatic carbocycles. The summed E-state index contributed by atoms with van der Waals surface area (Å²) in [5, 5.41) is 14.0. The van der Waals surface area contributed by atoms with Gasteiger partial charge in [0.25, 0.3) is 17.7 Å². The van der Waals surface area contributed by atoms with Crippen LogP contribution in [0.1, 0.15) is 69.7 Å². The normalized spacial score (nSPS) is 16.9. The molecule has 2 aliphatic heterocycles. The highest BCUT2D eigenvalue weighted by Gasteiger charge is 2.34. The van der Waals surface area contributed by atoms with Gasteiger partial charge in [-0.25, -0.2) is 20.2 Å². The standard InChI is InChI=1S/C16H22N4O5.C16H20N2O6.CH4/c1-16(2,3)25-15(23)18-10-8-24-12-6-5-9(13(21)19-17)7-11(12)20(4)14(10)22;1-16(2,3)24-15(22)17-10-8-23-12-6-5-9(14(20)21)7-11(12)18(4)13(10)19;/h5-7,10H,8,17H2,1-4H3,(H,18,23)(H,19,21);5-7,10H,8H2,1-4H3,(H,17,22)(H,20,21);1H4/t2*10-;/m00./s1. The van der Waals surface area contributed by atoms with E-state index in [-0.39, 0.29) is 31.8 Å². The first-order valence-electron chi connectivity index (χ1n) is 15.0. The molecule has 2 atom stereocenters. The fraction of sp³-hybridized carbons (Fsp3) is 0.455. The molecule has 0 fully saturated rings. The number of hydrogen-bond acceptors (Lipinski definition) is 11. The number of carboxylic acid groups (broad SMARTS) is 1. The number of benzene rings is 2. The van der Waals surface area contributed by atoms with E-state index < -0.39 is 59.2 Å². The van der Waals surface area contributed by atoms with Gasteiger partial charge in [-0.2, -0.15) is 0 Å². The number of ether oxygens (including phenoxy) is 4. The van der Waals surface area contributed by atoms with Crippen molar-refractivity contribution in [1.82, 2.24) is 16.1 Å². The molecule has 2 aliphatic rings. The summed E-state index contributed by atoms with van der Waals surface area (Å²) in [6.07, 6.45) is -1.44. The third-order valence-corrected chi connectivity index (χ3v) is 6.73. The van der Waals surface area contributed by atoms with Crippen molar-refractivity contribution in [3.05, 3.63) is 47.5 Å². The molecule has 0 aliphatic carbocycles. The van der Waals surface area contributed by atoms with Gasteiger partial charge >= 0.3 is 18.2 Å². The first-order valence-corrected chi connectivity index (χ1v) is 15.0. The van der Waals surface area contributed by atoms with Crippen molar-refractivity contribution in [2.75, 3.05) is 37.1 Å². The Morgan fingerprint density at radius 3 is 1.50 bits per heavy atom. The average molecular weight is 703 g/mol. The second-order valence-corrected chi connectivity index (χ2v) is 13.0. The van der Waals surface area contributed by atoms with Crippen LogP contribution in [0.3, 0.4) is 0 Å². The van der Waals surface area contributed by atoms with E-state index >= 15 is 0 Å². The number of hydrazine groups is 1. The number of nitrogen functional groups attached to an aromatic ring is 1. The van der Waals surface area contributed by atoms with Gasteiger partial charge in [0.15, 0.2) is 0 Å². The van der Waals surface area contributed by atoms with Crippen molar-refractivity contribution in [3.8, 4) is 11.5 Å². The van der Waals surface area contributed by atoms with Crippen LogP contribution >= 0.6 is 0 Å². The summed E-state index contributed by atoms with van der Waals surface area (Å²) in [4.78, 5) is 74.2. The Hall–Kier alpha value is -5.58. The van der Waals surface area contributed by atoms with Gasteiger partial charge in [-0.1, -0.05) is 7.43 Å². The van der Waals surface area contributed by atoms with Crippen LogP contribution in [0.25, 0.3) is 0 Å². The topological polar surface area (TPSA) is 228 Å². The highest BCUT2D eigenvalue weighted by Crippen LogP contribution is 2.33. The lowest BCUT2D eigenvalue weighted by Gasteiger charge is -2.23. The van der Waals surface area contributed by atoms with Crippen molar-refractivity contribution in [2.24, 2.45) is 5.84 Å². The van der Waals surface area contributed by atoms with Crippen molar-refractivity contribution in [2.45, 2.75) is 72.3 Å². The molecule has 0 unspecified atom stereocenters. The fourth-order valence-corrected chi connectivity index (χ4v) is 4.46. The number of nitrogens with zero attached hydrogens (tertiary/aromatic N) is 2. The number of likely N-dealkylation sites (N-methyl/N-ethyl adjacent to an activating group) is 2. The molecule has 4 rings (SSSR count). The molecule has 50 heavy (non-hydrogen) atoms. The Morgan fingerprint density at radius 1 is 0.760 bits per heavy atom. The highest BCUT2D eigenvalue weighted by molar-refractivity contribution is 6.03. The number of alkyl carbamates (subject to hydrolysis) is 2. The summed E-state index contributed by atoms with van der Waals surface area (Å²) in [6, 6.07) is 6.96. The highest BCUT2D eigenvalue weighted by atomic mass is 16.6. The maximum absolute atomic E-state index is 12.6. The molecule has 0 saturated heterocycles. The van der Waals surface area contributed by atoms with E-state index in [0.29, 0.717) is 22.9 Å². The molecule has 0 spiro atoms. The van der Waals surface area contributed by atoms with Crippen LogP contribution < -0.4 is 41.2 Å². The maximum Gasteiger partial charge on any atom is 0.408 e. The number of fused-ring (bicyclic) bond motifs is 2. The average Bonchev–Trinajstić information content (AvgIpc) is 3.19. The van der Waals surface area contributed by atoms with Crippen LogP contribution in [0.5, 0.6) is 11.5 Å². The molecule has 2 heterocycles. The first kappa shape index (κ1) is 40.6. The molecule has 17 nitrogen and oxygen atoms in total. The lowest BCUT2D eigenvalue weighted by atomic mass is 10.1. The molecule has 6 N–H and O–H groups in total. The summed E-state index contributed by atoms with van der Waals surface area (Å²) in [7, 11) is 3.02. The maximum atomic E-state index is 12.6. The number of nitrogens with two attached hydrogens (primary N) is 1. The van der Waals surface area contributed by atoms with E-state index in [1.165, 1.54) is 54.2 Å². The zero-order valence-corrected chi connectivity index (χ0v) is 28.5. The number of carbonyl (C=O) groups excluding carboxylic acids is 5. The quantitative estimate of drug-likeness (QED) is 0.176. The van der Waals surface area contributed by atoms with Crippen LogP contribution in [0.15, 0.2) is 36.4 Å². The van der Waals surface area contributed by atoms with E-state index in [0.717, 1.165) is 0 Å². The Morgan fingerprint density at radius 2 is 1.14 bits per heavy atom. The van der Waals surface area contributed by atoms with Gasteiger partial charge < -0.3 is 44.5 Å². The van der Waals surface area contributed by atoms with Crippen molar-refractivity contribution in [3.63, 3.8) is 0 Å². The largest absolute Gasteiger partial charge is 0.489 e. The summed E-state index contributed by atoms with van der Waals surface area (Å²) in [5.41, 5.74) is 1.70. The lowest BCUT2D eigenvalue weighted by molar-refractivity contribution is -0.121. The van der Waals surface area contributed by atoms with Gasteiger partial charge in [-0.3, -0.25) is 19.8 Å². The summed E-state index contributed by atoms with van der Waals surface area (Å²) in [5.74, 6) is 3.49. The number of anilines is 2. The lowest BCUT2D eigenvalue weighted by Crippen LogP contribution is -2.50. The van der Waals surface area contributed by atoms with Gasteiger partial charge in [-0.05, 0) is 77.9 Å². The molecule has 0 bridgehead atoms. The van der Waals surface area contributed by atoms with Gasteiger partial charge in [0.1, 0.15) is 48.0 Å². The smallest absolute Gasteiger partial charge is 0.408 e. The molecule has 2 aromatic rings. The van der Waals surface area contributed by atoms with Crippen molar-refractivity contribution >= 4 is 47.3 Å². The number of rotatable bonds is 4. The van der Waals surface area contributed by atoms with Crippen LogP contribution in [0, 0.1) is 0 Å². The van der Waals surface area contributed by atoms with Gasteiger partial charge in [0.2, 0.25) is 0 Å². The SMILES string of the molecule is C.CN1C(=O)[C@@H](NC(=O)OC(C)(C)C)COc2ccc(C(=O)NN)cc21.CN1C(=O)[C@@H](NC(=O)OC(C)(C)C)COc2ccc(C(=O)O)cc21. The number of carbonyl (C=O) groups is 6. The molecule has 274 valence electrons. The second-order valence-electron chi connectivity index (χ2n) is 13.0. The van der Waals surface area contributed by atoms with Crippen LogP contribution in [0.4, 0.5) is 21.0 Å². The van der Waals surface area contributed by atoms with Crippen LogP contribution in [-0.4, -0.2) is 91.6 Å². The third-order valence-electron chi connectivity index (χ3n) is 6.73. The van der Waals surface area contributed by atoms with Gasteiger partial charge in [0.05, 0.1) is 16.9 Å². The molecule has 0 aromatic heterocycles. The molecule has 0 saturated carbocycles. The molecular weight excluding hydrogens is 656 g/mol. The number of nitrogens with one attached hydrogen (secondary N) is 3. The van der Waals surface area contributed by atoms with E-state index in [9.17, 15) is 28.8 Å². The van der Waals surface area contributed by atoms with Crippen LogP contribution in [-0.2, 0) is 19.1 Å². The summed E-state index contributed by atoms with van der Waals surface area (Å²) >= 11 is 0. The minimum Gasteiger partial charge on any atom is -0.489 e. The third kappa shape index (κ3) is 10.7. The van der Waals surface area contributed by atoms with Crippen molar-refractivity contribution in [1.29, 1.82) is 0 Å². The molecule has 17 heteroatoms. The number of carboxylic acids is 1. The minimum atomic E-state index is -1.11.